The Hall–Kier alpha value is 0.274. The lowest BCUT2D eigenvalue weighted by Crippen LogP contribution is -2.58. The summed E-state index contributed by atoms with van der Waals surface area (Å²) in [5, 5.41) is 0. The summed E-state index contributed by atoms with van der Waals surface area (Å²) in [5.41, 5.74) is 0. The molecule has 17 heavy (non-hydrogen) atoms. The average Bonchev–Trinajstić information content (AvgIpc) is 2.15. The van der Waals surface area contributed by atoms with Gasteiger partial charge in [-0.05, 0) is 19.3 Å². The molecule has 0 radical (unpaired) electrons. The second-order valence-corrected chi connectivity index (χ2v) is 12.7. The fraction of sp³-hybridized carbons (Fsp3) is 1.00. The molecule has 1 aliphatic rings. The van der Waals surface area contributed by atoms with Gasteiger partial charge < -0.3 is 18.8 Å². The number of methoxy groups -OCH3 is 2. The molecule has 1 rings (SSSR count). The van der Waals surface area contributed by atoms with E-state index >= 15 is 0 Å². The fourth-order valence-corrected chi connectivity index (χ4v) is 7.15. The van der Waals surface area contributed by atoms with E-state index < -0.39 is 17.1 Å². The van der Waals surface area contributed by atoms with E-state index in [9.17, 15) is 0 Å². The third-order valence-electron chi connectivity index (χ3n) is 2.93. The molecule has 102 valence electrons. The van der Waals surface area contributed by atoms with E-state index in [1.54, 1.807) is 14.2 Å². The standard InChI is InChI=1S/C11H27NO3Si2/c1-13-7-11-6-12(8-16(3)10-14-2)9-17(4,5)15-11/h11,16H,6-10H2,1-5H3. The number of hydrogen-bond donors (Lipinski definition) is 0. The van der Waals surface area contributed by atoms with Crippen LogP contribution in [0.4, 0.5) is 0 Å². The summed E-state index contributed by atoms with van der Waals surface area (Å²) in [6.07, 6.45) is 3.61. The van der Waals surface area contributed by atoms with E-state index in [4.69, 9.17) is 13.9 Å². The van der Waals surface area contributed by atoms with Crippen molar-refractivity contribution in [3.8, 4) is 0 Å². The van der Waals surface area contributed by atoms with E-state index in [0.717, 1.165) is 18.9 Å². The maximum atomic E-state index is 6.14. The largest absolute Gasteiger partial charge is 0.410 e. The molecular weight excluding hydrogens is 250 g/mol. The Morgan fingerprint density at radius 3 is 2.65 bits per heavy atom. The van der Waals surface area contributed by atoms with Crippen LogP contribution in [0.25, 0.3) is 0 Å². The molecule has 1 aliphatic heterocycles. The number of ether oxygens (including phenoxy) is 2. The summed E-state index contributed by atoms with van der Waals surface area (Å²) in [4.78, 5) is 2.58. The summed E-state index contributed by atoms with van der Waals surface area (Å²) < 4.78 is 16.6. The van der Waals surface area contributed by atoms with Crippen LogP contribution < -0.4 is 0 Å². The molecule has 0 aromatic rings. The first-order valence-electron chi connectivity index (χ1n) is 6.35. The quantitative estimate of drug-likeness (QED) is 0.668. The Morgan fingerprint density at radius 1 is 1.35 bits per heavy atom. The molecule has 0 spiro atoms. The molecule has 6 heteroatoms. The predicted molar refractivity (Wildman–Crippen MR) is 75.6 cm³/mol. The highest BCUT2D eigenvalue weighted by atomic mass is 28.4. The van der Waals surface area contributed by atoms with Crippen LogP contribution in [0.15, 0.2) is 0 Å². The minimum atomic E-state index is -1.52. The van der Waals surface area contributed by atoms with E-state index in [2.05, 4.69) is 24.5 Å². The molecular formula is C11H27NO3Si2. The first-order chi connectivity index (χ1) is 7.96. The van der Waals surface area contributed by atoms with Crippen LogP contribution in [0, 0.1) is 0 Å². The van der Waals surface area contributed by atoms with Crippen molar-refractivity contribution >= 4 is 17.1 Å². The van der Waals surface area contributed by atoms with Crippen LogP contribution in [0.5, 0.6) is 0 Å². The van der Waals surface area contributed by atoms with Gasteiger partial charge in [0.25, 0.3) is 0 Å². The summed E-state index contributed by atoms with van der Waals surface area (Å²) in [6.45, 7) is 8.70. The predicted octanol–water partition coefficient (Wildman–Crippen LogP) is 0.660. The molecule has 1 fully saturated rings. The molecule has 0 aromatic heterocycles. The minimum Gasteiger partial charge on any atom is -0.410 e. The normalized spacial score (nSPS) is 27.0. The first kappa shape index (κ1) is 15.3. The van der Waals surface area contributed by atoms with E-state index in [1.165, 1.54) is 6.17 Å². The van der Waals surface area contributed by atoms with Gasteiger partial charge in [-0.15, -0.1) is 0 Å². The highest BCUT2D eigenvalue weighted by Gasteiger charge is 2.35. The summed E-state index contributed by atoms with van der Waals surface area (Å²) in [7, 11) is 1.28. The van der Waals surface area contributed by atoms with Crippen molar-refractivity contribution in [2.24, 2.45) is 0 Å². The Balaban J connectivity index is 2.48. The second-order valence-electron chi connectivity index (χ2n) is 5.71. The molecule has 0 aromatic carbocycles. The van der Waals surface area contributed by atoms with Crippen molar-refractivity contribution < 1.29 is 13.9 Å². The Bertz CT molecular complexity index is 227. The zero-order valence-corrected chi connectivity index (χ0v) is 14.0. The lowest BCUT2D eigenvalue weighted by molar-refractivity contribution is 0.0338. The summed E-state index contributed by atoms with van der Waals surface area (Å²) >= 11 is 0. The Morgan fingerprint density at radius 2 is 2.06 bits per heavy atom. The van der Waals surface area contributed by atoms with Gasteiger partial charge in [0, 0.05) is 33.2 Å². The molecule has 0 amide bonds. The Kier molecular flexibility index (Phi) is 6.32. The topological polar surface area (TPSA) is 30.9 Å². The molecule has 2 unspecified atom stereocenters. The van der Waals surface area contributed by atoms with Crippen LogP contribution in [0.1, 0.15) is 0 Å². The van der Waals surface area contributed by atoms with Crippen LogP contribution in [0.2, 0.25) is 19.6 Å². The Labute approximate surface area is 108 Å². The third kappa shape index (κ3) is 5.63. The van der Waals surface area contributed by atoms with Crippen molar-refractivity contribution in [1.82, 2.24) is 4.90 Å². The van der Waals surface area contributed by atoms with Gasteiger partial charge in [0.2, 0.25) is 8.32 Å². The van der Waals surface area contributed by atoms with Crippen LogP contribution >= 0.6 is 0 Å². The van der Waals surface area contributed by atoms with E-state index in [1.807, 2.05) is 0 Å². The van der Waals surface area contributed by atoms with Gasteiger partial charge in [0.15, 0.2) is 0 Å². The van der Waals surface area contributed by atoms with Crippen molar-refractivity contribution in [2.45, 2.75) is 25.7 Å². The first-order valence-corrected chi connectivity index (χ1v) is 12.2. The lowest BCUT2D eigenvalue weighted by atomic mass is 10.3. The average molecular weight is 278 g/mol. The smallest absolute Gasteiger partial charge is 0.201 e. The summed E-state index contributed by atoms with van der Waals surface area (Å²) in [6, 6.07) is 0. The summed E-state index contributed by atoms with van der Waals surface area (Å²) in [5.74, 6) is 0. The monoisotopic (exact) mass is 277 g/mol. The van der Waals surface area contributed by atoms with Gasteiger partial charge in [-0.2, -0.15) is 0 Å². The molecule has 1 saturated heterocycles. The lowest BCUT2D eigenvalue weighted by Gasteiger charge is -2.42. The molecule has 0 bridgehead atoms. The molecule has 1 heterocycles. The second kappa shape index (κ2) is 7.01. The zero-order valence-electron chi connectivity index (χ0n) is 11.9. The van der Waals surface area contributed by atoms with Gasteiger partial charge in [-0.1, -0.05) is 6.55 Å². The van der Waals surface area contributed by atoms with Crippen LogP contribution in [-0.4, -0.2) is 74.1 Å². The highest BCUT2D eigenvalue weighted by molar-refractivity contribution is 6.71. The van der Waals surface area contributed by atoms with Gasteiger partial charge in [-0.25, -0.2) is 0 Å². The van der Waals surface area contributed by atoms with Crippen LogP contribution in [-0.2, 0) is 13.9 Å². The number of nitrogens with zero attached hydrogens (tertiary/aromatic N) is 1. The van der Waals surface area contributed by atoms with E-state index in [0.29, 0.717) is 6.61 Å². The highest BCUT2D eigenvalue weighted by Crippen LogP contribution is 2.18. The molecule has 0 N–H and O–H groups in total. The zero-order chi connectivity index (χ0) is 12.9. The van der Waals surface area contributed by atoms with Crippen molar-refractivity contribution in [1.29, 1.82) is 0 Å². The molecule has 4 nitrogen and oxygen atoms in total. The van der Waals surface area contributed by atoms with Gasteiger partial charge in [0.05, 0.1) is 21.5 Å². The van der Waals surface area contributed by atoms with Gasteiger partial charge in [0.1, 0.15) is 0 Å². The van der Waals surface area contributed by atoms with Gasteiger partial charge >= 0.3 is 0 Å². The number of rotatable bonds is 6. The minimum absolute atomic E-state index is 0.263. The SMILES string of the molecule is COCC1CN(C[SiH](C)COC)C[Si](C)(C)O1. The third-order valence-corrected chi connectivity index (χ3v) is 7.15. The van der Waals surface area contributed by atoms with Crippen LogP contribution in [0.3, 0.4) is 0 Å². The van der Waals surface area contributed by atoms with Crippen molar-refractivity contribution in [2.75, 3.05) is 45.9 Å². The molecule has 0 saturated carbocycles. The van der Waals surface area contributed by atoms with Crippen molar-refractivity contribution in [3.63, 3.8) is 0 Å². The molecule has 0 aliphatic carbocycles. The van der Waals surface area contributed by atoms with Crippen molar-refractivity contribution in [3.05, 3.63) is 0 Å². The fourth-order valence-electron chi connectivity index (χ4n) is 2.61. The maximum Gasteiger partial charge on any atom is 0.201 e. The maximum absolute atomic E-state index is 6.14. The van der Waals surface area contributed by atoms with Gasteiger partial charge in [-0.3, -0.25) is 0 Å². The number of hydrogen-bond acceptors (Lipinski definition) is 4. The van der Waals surface area contributed by atoms with E-state index in [-0.39, 0.29) is 6.10 Å². The molecule has 2 atom stereocenters.